The van der Waals surface area contributed by atoms with Crippen molar-refractivity contribution in [1.82, 2.24) is 10.2 Å². The van der Waals surface area contributed by atoms with Crippen LogP contribution in [-0.4, -0.2) is 36.6 Å². The van der Waals surface area contributed by atoms with E-state index in [1.165, 1.54) is 11.3 Å². The predicted octanol–water partition coefficient (Wildman–Crippen LogP) is 0.885. The van der Waals surface area contributed by atoms with Crippen LogP contribution in [0.2, 0.25) is 0 Å². The molecular formula is C8H13N3O2S. The molecule has 1 aliphatic rings. The number of nitrogens with zero attached hydrogens (tertiary/aromatic N) is 2. The second-order valence-electron chi connectivity index (χ2n) is 3.14. The van der Waals surface area contributed by atoms with Gasteiger partial charge in [-0.2, -0.15) is 0 Å². The Morgan fingerprint density at radius 2 is 2.57 bits per heavy atom. The van der Waals surface area contributed by atoms with E-state index in [2.05, 4.69) is 15.5 Å². The quantitative estimate of drug-likeness (QED) is 0.808. The molecule has 1 atom stereocenters. The number of hydrogen-bond donors (Lipinski definition) is 1. The van der Waals surface area contributed by atoms with E-state index >= 15 is 0 Å². The molecule has 0 bridgehead atoms. The summed E-state index contributed by atoms with van der Waals surface area (Å²) >= 11 is 1.53. The van der Waals surface area contributed by atoms with Crippen LogP contribution in [0.4, 0.5) is 5.13 Å². The van der Waals surface area contributed by atoms with Crippen LogP contribution in [0.5, 0.6) is 0 Å². The molecule has 0 aliphatic carbocycles. The summed E-state index contributed by atoms with van der Waals surface area (Å²) in [5.74, 6) is 0. The Hall–Kier alpha value is -0.720. The molecule has 1 N–H and O–H groups in total. The molecule has 1 saturated heterocycles. The van der Waals surface area contributed by atoms with Gasteiger partial charge in [0, 0.05) is 13.7 Å². The first-order valence-electron chi connectivity index (χ1n) is 4.54. The second kappa shape index (κ2) is 4.68. The highest BCUT2D eigenvalue weighted by Gasteiger charge is 2.16. The molecule has 1 aliphatic heterocycles. The average Bonchev–Trinajstić information content (AvgIpc) is 2.79. The molecule has 0 saturated carbocycles. The van der Waals surface area contributed by atoms with Gasteiger partial charge in [-0.05, 0) is 6.42 Å². The molecule has 2 rings (SSSR count). The zero-order valence-corrected chi connectivity index (χ0v) is 8.84. The molecule has 1 fully saturated rings. The van der Waals surface area contributed by atoms with Crippen LogP contribution in [0.3, 0.4) is 0 Å². The first-order chi connectivity index (χ1) is 6.88. The normalized spacial score (nSPS) is 21.4. The Balaban J connectivity index is 1.88. The van der Waals surface area contributed by atoms with Crippen molar-refractivity contribution in [3.05, 3.63) is 5.01 Å². The van der Waals surface area contributed by atoms with Crippen LogP contribution in [-0.2, 0) is 16.1 Å². The average molecular weight is 215 g/mol. The monoisotopic (exact) mass is 215 g/mol. The smallest absolute Gasteiger partial charge is 0.206 e. The molecule has 0 aromatic carbocycles. The van der Waals surface area contributed by atoms with Gasteiger partial charge in [0.2, 0.25) is 5.13 Å². The number of hydrogen-bond acceptors (Lipinski definition) is 6. The summed E-state index contributed by atoms with van der Waals surface area (Å²) < 4.78 is 10.2. The van der Waals surface area contributed by atoms with E-state index in [1.54, 1.807) is 7.11 Å². The third-order valence-corrected chi connectivity index (χ3v) is 2.82. The van der Waals surface area contributed by atoms with Crippen LogP contribution in [0.15, 0.2) is 0 Å². The molecule has 0 radical (unpaired) electrons. The van der Waals surface area contributed by atoms with Gasteiger partial charge in [-0.15, -0.1) is 10.2 Å². The molecule has 6 heteroatoms. The van der Waals surface area contributed by atoms with Gasteiger partial charge in [-0.3, -0.25) is 0 Å². The van der Waals surface area contributed by atoms with E-state index in [-0.39, 0.29) is 0 Å². The maximum Gasteiger partial charge on any atom is 0.206 e. The van der Waals surface area contributed by atoms with Crippen molar-refractivity contribution < 1.29 is 9.47 Å². The van der Waals surface area contributed by atoms with Crippen LogP contribution in [0, 0.1) is 0 Å². The van der Waals surface area contributed by atoms with Gasteiger partial charge in [0.1, 0.15) is 11.6 Å². The highest BCUT2D eigenvalue weighted by atomic mass is 32.1. The molecule has 78 valence electrons. The Kier molecular flexibility index (Phi) is 3.28. The lowest BCUT2D eigenvalue weighted by atomic mass is 10.3. The number of nitrogens with one attached hydrogen (secondary N) is 1. The minimum Gasteiger partial charge on any atom is -0.379 e. The molecule has 0 spiro atoms. The predicted molar refractivity (Wildman–Crippen MR) is 53.5 cm³/mol. The van der Waals surface area contributed by atoms with Gasteiger partial charge >= 0.3 is 0 Å². The van der Waals surface area contributed by atoms with Crippen molar-refractivity contribution in [3.8, 4) is 0 Å². The number of methoxy groups -OCH3 is 1. The number of rotatable bonds is 4. The van der Waals surface area contributed by atoms with Crippen molar-refractivity contribution in [1.29, 1.82) is 0 Å². The van der Waals surface area contributed by atoms with E-state index in [0.29, 0.717) is 12.6 Å². The highest BCUT2D eigenvalue weighted by Crippen LogP contribution is 2.18. The summed E-state index contributed by atoms with van der Waals surface area (Å²) in [4.78, 5) is 0. The van der Waals surface area contributed by atoms with Crippen LogP contribution in [0.1, 0.15) is 11.4 Å². The van der Waals surface area contributed by atoms with Crippen molar-refractivity contribution in [2.24, 2.45) is 0 Å². The maximum absolute atomic E-state index is 5.25. The standard InChI is InChI=1S/C8H13N3O2S/c1-12-5-7-10-11-8(14-7)9-6-2-3-13-4-6/h6H,2-5H2,1H3,(H,9,11). The fourth-order valence-corrected chi connectivity index (χ4v) is 2.11. The molecule has 2 heterocycles. The van der Waals surface area contributed by atoms with Gasteiger partial charge in [0.15, 0.2) is 0 Å². The highest BCUT2D eigenvalue weighted by molar-refractivity contribution is 7.15. The lowest BCUT2D eigenvalue weighted by Gasteiger charge is -2.06. The Labute approximate surface area is 86.4 Å². The van der Waals surface area contributed by atoms with Crippen LogP contribution >= 0.6 is 11.3 Å². The Bertz CT molecular complexity index is 286. The molecule has 1 unspecified atom stereocenters. The Morgan fingerprint density at radius 3 is 3.29 bits per heavy atom. The second-order valence-corrected chi connectivity index (χ2v) is 4.20. The topological polar surface area (TPSA) is 56.3 Å². The molecule has 1 aromatic heterocycles. The van der Waals surface area contributed by atoms with Crippen molar-refractivity contribution in [2.75, 3.05) is 25.6 Å². The van der Waals surface area contributed by atoms with Crippen molar-refractivity contribution >= 4 is 16.5 Å². The van der Waals surface area contributed by atoms with E-state index in [0.717, 1.165) is 29.8 Å². The first-order valence-corrected chi connectivity index (χ1v) is 5.35. The molecule has 14 heavy (non-hydrogen) atoms. The van der Waals surface area contributed by atoms with E-state index in [4.69, 9.17) is 9.47 Å². The van der Waals surface area contributed by atoms with E-state index in [1.807, 2.05) is 0 Å². The molecular weight excluding hydrogens is 202 g/mol. The largest absolute Gasteiger partial charge is 0.379 e. The third-order valence-electron chi connectivity index (χ3n) is 1.99. The minimum absolute atomic E-state index is 0.387. The number of aromatic nitrogens is 2. The van der Waals surface area contributed by atoms with E-state index < -0.39 is 0 Å². The summed E-state index contributed by atoms with van der Waals surface area (Å²) in [6.07, 6.45) is 1.04. The van der Waals surface area contributed by atoms with E-state index in [9.17, 15) is 0 Å². The first kappa shape index (κ1) is 9.82. The number of anilines is 1. The van der Waals surface area contributed by atoms with Gasteiger partial charge in [-0.25, -0.2) is 0 Å². The lowest BCUT2D eigenvalue weighted by Crippen LogP contribution is -2.18. The fraction of sp³-hybridized carbons (Fsp3) is 0.750. The Morgan fingerprint density at radius 1 is 1.64 bits per heavy atom. The van der Waals surface area contributed by atoms with Crippen molar-refractivity contribution in [3.63, 3.8) is 0 Å². The summed E-state index contributed by atoms with van der Waals surface area (Å²) in [6.45, 7) is 2.13. The summed E-state index contributed by atoms with van der Waals surface area (Å²) in [6, 6.07) is 0.387. The molecule has 0 amide bonds. The maximum atomic E-state index is 5.25. The summed E-state index contributed by atoms with van der Waals surface area (Å²) in [5.41, 5.74) is 0. The fourth-order valence-electron chi connectivity index (χ4n) is 1.32. The molecule has 5 nitrogen and oxygen atoms in total. The van der Waals surface area contributed by atoms with Crippen LogP contribution in [0.25, 0.3) is 0 Å². The van der Waals surface area contributed by atoms with Gasteiger partial charge in [0.05, 0.1) is 12.6 Å². The van der Waals surface area contributed by atoms with Crippen LogP contribution < -0.4 is 5.32 Å². The zero-order chi connectivity index (χ0) is 9.80. The summed E-state index contributed by atoms with van der Waals surface area (Å²) in [7, 11) is 1.65. The lowest BCUT2D eigenvalue weighted by molar-refractivity contribution is 0.184. The third kappa shape index (κ3) is 2.40. The molecule has 1 aromatic rings. The zero-order valence-electron chi connectivity index (χ0n) is 8.02. The number of ether oxygens (including phenoxy) is 2. The van der Waals surface area contributed by atoms with Crippen molar-refractivity contribution in [2.45, 2.75) is 19.1 Å². The SMILES string of the molecule is COCc1nnc(NC2CCOC2)s1. The summed E-state index contributed by atoms with van der Waals surface area (Å²) in [5, 5.41) is 13.0. The van der Waals surface area contributed by atoms with Gasteiger partial charge < -0.3 is 14.8 Å². The van der Waals surface area contributed by atoms with Gasteiger partial charge in [-0.1, -0.05) is 11.3 Å². The minimum atomic E-state index is 0.387. The van der Waals surface area contributed by atoms with Gasteiger partial charge in [0.25, 0.3) is 0 Å².